The Bertz CT molecular complexity index is 935. The van der Waals surface area contributed by atoms with Crippen molar-refractivity contribution in [2.45, 2.75) is 31.1 Å². The number of rotatable bonds is 5. The van der Waals surface area contributed by atoms with E-state index in [1.165, 1.54) is 17.2 Å². The van der Waals surface area contributed by atoms with Crippen LogP contribution < -0.4 is 5.32 Å². The number of fused-ring (bicyclic) bond motifs is 1. The van der Waals surface area contributed by atoms with Gasteiger partial charge in [-0.2, -0.15) is 0 Å². The minimum absolute atomic E-state index is 0.399. The molecule has 1 aliphatic rings. The van der Waals surface area contributed by atoms with E-state index >= 15 is 0 Å². The molecule has 0 spiro atoms. The molecule has 27 heavy (non-hydrogen) atoms. The Hall–Kier alpha value is -2.30. The van der Waals surface area contributed by atoms with E-state index in [2.05, 4.69) is 20.3 Å². The maximum atomic E-state index is 10.2. The summed E-state index contributed by atoms with van der Waals surface area (Å²) in [6, 6.07) is 7.44. The first kappa shape index (κ1) is 18.1. The minimum Gasteiger partial charge on any atom is -0.394 e. The molecule has 3 aromatic rings. The molecule has 4 rings (SSSR count). The van der Waals surface area contributed by atoms with Crippen LogP contribution in [0.15, 0.2) is 36.9 Å². The molecule has 0 aliphatic carbocycles. The number of imidazole rings is 1. The highest BCUT2D eigenvalue weighted by Crippen LogP contribution is 2.32. The number of aliphatic hydroxyl groups excluding tert-OH is 3. The molecule has 9 nitrogen and oxygen atoms in total. The zero-order valence-corrected chi connectivity index (χ0v) is 14.9. The summed E-state index contributed by atoms with van der Waals surface area (Å²) in [4.78, 5) is 12.8. The molecule has 2 aromatic heterocycles. The van der Waals surface area contributed by atoms with E-state index in [1.54, 1.807) is 0 Å². The van der Waals surface area contributed by atoms with Crippen molar-refractivity contribution in [3.63, 3.8) is 0 Å². The van der Waals surface area contributed by atoms with Gasteiger partial charge in [0.15, 0.2) is 23.2 Å². The van der Waals surface area contributed by atoms with Crippen LogP contribution >= 0.6 is 11.6 Å². The van der Waals surface area contributed by atoms with Gasteiger partial charge >= 0.3 is 0 Å². The Labute approximate surface area is 159 Å². The standard InChI is InChI=1S/C17H18ClN5O4/c18-10-3-1-9(2-4-10)5-19-15-12-16(21-7-20-15)23(8-22-12)17-14(26)13(25)11(6-24)27-17/h1-4,7-8,11,13-14,17,24-26H,5-6H2,(H,19,20,21)/t11-,13+,14?,17-/m1/s1. The molecule has 4 N–H and O–H groups in total. The van der Waals surface area contributed by atoms with E-state index in [0.717, 1.165) is 5.56 Å². The fourth-order valence-corrected chi connectivity index (χ4v) is 3.19. The summed E-state index contributed by atoms with van der Waals surface area (Å²) in [5.74, 6) is 0.528. The number of nitrogens with one attached hydrogen (secondary N) is 1. The topological polar surface area (TPSA) is 126 Å². The quantitative estimate of drug-likeness (QED) is 0.501. The van der Waals surface area contributed by atoms with Crippen LogP contribution in [0.4, 0.5) is 5.82 Å². The van der Waals surface area contributed by atoms with Gasteiger partial charge in [-0.1, -0.05) is 23.7 Å². The molecular weight excluding hydrogens is 374 g/mol. The number of ether oxygens (including phenoxy) is 1. The molecule has 1 fully saturated rings. The first-order chi connectivity index (χ1) is 13.1. The lowest BCUT2D eigenvalue weighted by Gasteiger charge is -2.16. The van der Waals surface area contributed by atoms with Crippen molar-refractivity contribution >= 4 is 28.6 Å². The predicted octanol–water partition coefficient (Wildman–Crippen LogP) is 0.703. The number of halogens is 1. The van der Waals surface area contributed by atoms with Gasteiger partial charge in [0, 0.05) is 11.6 Å². The van der Waals surface area contributed by atoms with Gasteiger partial charge in [0.25, 0.3) is 0 Å². The van der Waals surface area contributed by atoms with Crippen LogP contribution in [-0.4, -0.2) is 59.8 Å². The SMILES string of the molecule is OC[C@H]1O[C@@H](n2cnc3c(NCc4ccc(Cl)cc4)ncnc32)C(O)[C@H]1O. The maximum Gasteiger partial charge on any atom is 0.167 e. The highest BCUT2D eigenvalue weighted by Gasteiger charge is 2.44. The third-order valence-corrected chi connectivity index (χ3v) is 4.78. The van der Waals surface area contributed by atoms with Crippen LogP contribution in [0.25, 0.3) is 11.2 Å². The molecule has 0 saturated carbocycles. The van der Waals surface area contributed by atoms with Crippen LogP contribution in [0, 0.1) is 0 Å². The first-order valence-corrected chi connectivity index (χ1v) is 8.74. The zero-order valence-electron chi connectivity index (χ0n) is 14.1. The molecule has 10 heteroatoms. The summed E-state index contributed by atoms with van der Waals surface area (Å²) in [7, 11) is 0. The number of benzene rings is 1. The van der Waals surface area contributed by atoms with Crippen molar-refractivity contribution in [1.82, 2.24) is 19.5 Å². The summed E-state index contributed by atoms with van der Waals surface area (Å²) < 4.78 is 7.07. The van der Waals surface area contributed by atoms with E-state index in [1.807, 2.05) is 24.3 Å². The van der Waals surface area contributed by atoms with E-state index in [9.17, 15) is 15.3 Å². The molecule has 1 unspecified atom stereocenters. The average Bonchev–Trinajstić information content (AvgIpc) is 3.23. The van der Waals surface area contributed by atoms with Gasteiger partial charge in [-0.05, 0) is 17.7 Å². The molecule has 1 saturated heterocycles. The Balaban J connectivity index is 1.59. The summed E-state index contributed by atoms with van der Waals surface area (Å²) >= 11 is 5.90. The molecular formula is C17H18ClN5O4. The fraction of sp³-hybridized carbons (Fsp3) is 0.353. The smallest absolute Gasteiger partial charge is 0.167 e. The van der Waals surface area contributed by atoms with Crippen molar-refractivity contribution < 1.29 is 20.1 Å². The molecule has 0 bridgehead atoms. The maximum absolute atomic E-state index is 10.2. The van der Waals surface area contributed by atoms with E-state index < -0.39 is 31.1 Å². The second kappa shape index (κ2) is 7.37. The van der Waals surface area contributed by atoms with Gasteiger partial charge in [0.1, 0.15) is 24.6 Å². The molecule has 142 valence electrons. The van der Waals surface area contributed by atoms with E-state index in [-0.39, 0.29) is 0 Å². The van der Waals surface area contributed by atoms with Gasteiger partial charge < -0.3 is 25.4 Å². The van der Waals surface area contributed by atoms with E-state index in [4.69, 9.17) is 16.3 Å². The molecule has 1 aromatic carbocycles. The molecule has 0 amide bonds. The second-order valence-electron chi connectivity index (χ2n) is 6.26. The van der Waals surface area contributed by atoms with Gasteiger partial charge in [-0.3, -0.25) is 4.57 Å². The second-order valence-corrected chi connectivity index (χ2v) is 6.69. The zero-order chi connectivity index (χ0) is 19.0. The highest BCUT2D eigenvalue weighted by molar-refractivity contribution is 6.30. The number of anilines is 1. The summed E-state index contributed by atoms with van der Waals surface area (Å²) in [5, 5.41) is 33.3. The summed E-state index contributed by atoms with van der Waals surface area (Å²) in [5.41, 5.74) is 1.97. The lowest BCUT2D eigenvalue weighted by atomic mass is 10.1. The van der Waals surface area contributed by atoms with Crippen molar-refractivity contribution in [3.8, 4) is 0 Å². The van der Waals surface area contributed by atoms with Crippen molar-refractivity contribution in [2.24, 2.45) is 0 Å². The summed E-state index contributed by atoms with van der Waals surface area (Å²) in [6.07, 6.45) is -1.33. The monoisotopic (exact) mass is 391 g/mol. The predicted molar refractivity (Wildman–Crippen MR) is 97.1 cm³/mol. The highest BCUT2D eigenvalue weighted by atomic mass is 35.5. The number of hydrogen-bond donors (Lipinski definition) is 4. The van der Waals surface area contributed by atoms with Crippen molar-refractivity contribution in [2.75, 3.05) is 11.9 Å². The third kappa shape index (κ3) is 3.35. The van der Waals surface area contributed by atoms with Gasteiger partial charge in [0.05, 0.1) is 12.9 Å². The van der Waals surface area contributed by atoms with Crippen molar-refractivity contribution in [3.05, 3.63) is 47.5 Å². The van der Waals surface area contributed by atoms with Crippen LogP contribution in [0.3, 0.4) is 0 Å². The van der Waals surface area contributed by atoms with Crippen LogP contribution in [0.2, 0.25) is 5.02 Å². The Morgan fingerprint density at radius 3 is 2.59 bits per heavy atom. The van der Waals surface area contributed by atoms with Gasteiger partial charge in [-0.25, -0.2) is 15.0 Å². The lowest BCUT2D eigenvalue weighted by Crippen LogP contribution is -2.33. The van der Waals surface area contributed by atoms with Crippen LogP contribution in [-0.2, 0) is 11.3 Å². The van der Waals surface area contributed by atoms with Gasteiger partial charge in [-0.15, -0.1) is 0 Å². The Morgan fingerprint density at radius 1 is 1.11 bits per heavy atom. The third-order valence-electron chi connectivity index (χ3n) is 4.52. The largest absolute Gasteiger partial charge is 0.394 e. The van der Waals surface area contributed by atoms with E-state index in [0.29, 0.717) is 28.5 Å². The number of nitrogens with zero attached hydrogens (tertiary/aromatic N) is 4. The van der Waals surface area contributed by atoms with Gasteiger partial charge in [0.2, 0.25) is 0 Å². The number of aromatic nitrogens is 4. The number of hydrogen-bond acceptors (Lipinski definition) is 8. The van der Waals surface area contributed by atoms with Crippen molar-refractivity contribution in [1.29, 1.82) is 0 Å². The fourth-order valence-electron chi connectivity index (χ4n) is 3.07. The summed E-state index contributed by atoms with van der Waals surface area (Å²) in [6.45, 7) is 0.119. The molecule has 3 heterocycles. The normalized spacial score (nSPS) is 25.2. The average molecular weight is 392 g/mol. The first-order valence-electron chi connectivity index (χ1n) is 8.37. The molecule has 4 atom stereocenters. The Morgan fingerprint density at radius 2 is 1.89 bits per heavy atom. The van der Waals surface area contributed by atoms with Crippen LogP contribution in [0.1, 0.15) is 11.8 Å². The number of aliphatic hydroxyl groups is 3. The lowest BCUT2D eigenvalue weighted by molar-refractivity contribution is -0.0511. The Kier molecular flexibility index (Phi) is 4.94. The van der Waals surface area contributed by atoms with Crippen LogP contribution in [0.5, 0.6) is 0 Å². The minimum atomic E-state index is -1.21. The molecule has 1 aliphatic heterocycles. The molecule has 0 radical (unpaired) electrons.